The number of hydrogen-bond donors (Lipinski definition) is 0. The van der Waals surface area contributed by atoms with Gasteiger partial charge in [-0.15, -0.1) is 0 Å². The van der Waals surface area contributed by atoms with E-state index < -0.39 is 0 Å². The Morgan fingerprint density at radius 1 is 1.03 bits per heavy atom. The van der Waals surface area contributed by atoms with Gasteiger partial charge in [-0.05, 0) is 63.2 Å². The van der Waals surface area contributed by atoms with Crippen LogP contribution < -0.4 is 10.3 Å². The lowest BCUT2D eigenvalue weighted by Gasteiger charge is -2.20. The summed E-state index contributed by atoms with van der Waals surface area (Å²) >= 11 is 0. The molecule has 1 aromatic heterocycles. The summed E-state index contributed by atoms with van der Waals surface area (Å²) in [6, 6.07) is 13.9. The van der Waals surface area contributed by atoms with E-state index in [4.69, 9.17) is 9.72 Å². The molecule has 1 heterocycles. The molecule has 2 aromatic carbocycles. The number of aryl methyl sites for hydroxylation is 1. The first-order valence-electron chi connectivity index (χ1n) is 12.0. The topological polar surface area (TPSA) is 47.4 Å². The van der Waals surface area contributed by atoms with Crippen molar-refractivity contribution in [2.75, 3.05) is 13.1 Å². The summed E-state index contributed by atoms with van der Waals surface area (Å²) in [7, 11) is 0. The normalized spacial score (nSPS) is 11.6. The molecule has 0 bridgehead atoms. The van der Waals surface area contributed by atoms with Crippen molar-refractivity contribution in [3.05, 3.63) is 64.2 Å². The fraction of sp³-hybridized carbons (Fsp3) is 0.481. The van der Waals surface area contributed by atoms with Gasteiger partial charge in [-0.25, -0.2) is 4.98 Å². The second kappa shape index (κ2) is 11.3. The van der Waals surface area contributed by atoms with Crippen LogP contribution in [0.3, 0.4) is 0 Å². The van der Waals surface area contributed by atoms with Gasteiger partial charge in [-0.3, -0.25) is 14.3 Å². The summed E-state index contributed by atoms with van der Waals surface area (Å²) < 4.78 is 7.83. The van der Waals surface area contributed by atoms with Gasteiger partial charge in [0.15, 0.2) is 0 Å². The van der Waals surface area contributed by atoms with Gasteiger partial charge in [0, 0.05) is 13.0 Å². The molecule has 0 unspecified atom stereocenters. The van der Waals surface area contributed by atoms with Crippen molar-refractivity contribution in [1.29, 1.82) is 0 Å². The van der Waals surface area contributed by atoms with Gasteiger partial charge in [-0.1, -0.05) is 51.8 Å². The second-order valence-electron chi connectivity index (χ2n) is 8.57. The Hall–Kier alpha value is -2.66. The Bertz CT molecular complexity index is 1080. The number of benzene rings is 2. The largest absolute Gasteiger partial charge is 0.489 e. The number of nitrogens with zero attached hydrogens (tertiary/aromatic N) is 3. The molecule has 0 atom stereocenters. The summed E-state index contributed by atoms with van der Waals surface area (Å²) in [6.07, 6.45) is 4.02. The molecule has 0 N–H and O–H groups in total. The standard InChI is InChI=1S/C27H37N3O2/c1-6-9-10-15-26-28-23-17-16-21(19-29(7-2)8-3)18-22(23)27(31)30(26)24-13-11-12-14-25(24)32-20(4)5/h11-14,16-18,20H,6-10,15,19H2,1-5H3. The van der Waals surface area contributed by atoms with Gasteiger partial charge in [-0.2, -0.15) is 0 Å². The molecule has 0 aliphatic rings. The van der Waals surface area contributed by atoms with E-state index in [2.05, 4.69) is 31.7 Å². The zero-order valence-electron chi connectivity index (χ0n) is 20.2. The molecule has 0 saturated heterocycles. The molecular formula is C27H37N3O2. The van der Waals surface area contributed by atoms with E-state index >= 15 is 0 Å². The molecule has 0 spiro atoms. The van der Waals surface area contributed by atoms with Crippen LogP contribution >= 0.6 is 0 Å². The minimum atomic E-state index is -0.0253. The molecular weight excluding hydrogens is 398 g/mol. The Balaban J connectivity index is 2.18. The summed E-state index contributed by atoms with van der Waals surface area (Å²) in [5.74, 6) is 1.51. The summed E-state index contributed by atoms with van der Waals surface area (Å²) in [5, 5.41) is 0.660. The molecule has 5 nitrogen and oxygen atoms in total. The Morgan fingerprint density at radius 2 is 1.78 bits per heavy atom. The lowest BCUT2D eigenvalue weighted by Crippen LogP contribution is -2.26. The molecule has 32 heavy (non-hydrogen) atoms. The molecule has 3 rings (SSSR count). The fourth-order valence-corrected chi connectivity index (χ4v) is 4.03. The number of aromatic nitrogens is 2. The van der Waals surface area contributed by atoms with Crippen LogP contribution in [0.2, 0.25) is 0 Å². The maximum atomic E-state index is 13.9. The van der Waals surface area contributed by atoms with E-state index in [0.717, 1.165) is 67.9 Å². The third-order valence-corrected chi connectivity index (χ3v) is 5.78. The Morgan fingerprint density at radius 3 is 2.47 bits per heavy atom. The number of fused-ring (bicyclic) bond motifs is 1. The van der Waals surface area contributed by atoms with Crippen LogP contribution in [0.4, 0.5) is 0 Å². The van der Waals surface area contributed by atoms with Crippen LogP contribution in [0, 0.1) is 0 Å². The van der Waals surface area contributed by atoms with Crippen LogP contribution in [0.25, 0.3) is 16.6 Å². The van der Waals surface area contributed by atoms with Crippen LogP contribution in [0.5, 0.6) is 5.75 Å². The zero-order valence-corrected chi connectivity index (χ0v) is 20.2. The lowest BCUT2D eigenvalue weighted by atomic mass is 10.1. The van der Waals surface area contributed by atoms with Crippen molar-refractivity contribution in [3.63, 3.8) is 0 Å². The molecule has 3 aromatic rings. The second-order valence-corrected chi connectivity index (χ2v) is 8.57. The van der Waals surface area contributed by atoms with Crippen LogP contribution in [-0.2, 0) is 13.0 Å². The molecule has 0 aliphatic carbocycles. The SMILES string of the molecule is CCCCCc1nc2ccc(CN(CC)CC)cc2c(=O)n1-c1ccccc1OC(C)C. The van der Waals surface area contributed by atoms with Crippen LogP contribution in [0.1, 0.15) is 65.3 Å². The van der Waals surface area contributed by atoms with Crippen LogP contribution in [0.15, 0.2) is 47.3 Å². The molecule has 0 fully saturated rings. The third-order valence-electron chi connectivity index (χ3n) is 5.78. The van der Waals surface area contributed by atoms with Crippen molar-refractivity contribution < 1.29 is 4.74 Å². The van der Waals surface area contributed by atoms with Crippen molar-refractivity contribution in [2.24, 2.45) is 0 Å². The number of hydrogen-bond acceptors (Lipinski definition) is 4. The minimum Gasteiger partial charge on any atom is -0.489 e. The highest BCUT2D eigenvalue weighted by atomic mass is 16.5. The highest BCUT2D eigenvalue weighted by Crippen LogP contribution is 2.25. The third kappa shape index (κ3) is 5.57. The molecule has 0 saturated carbocycles. The summed E-state index contributed by atoms with van der Waals surface area (Å²) in [4.78, 5) is 21.2. The van der Waals surface area contributed by atoms with Gasteiger partial charge in [0.25, 0.3) is 5.56 Å². The first kappa shape index (κ1) is 24.0. The maximum Gasteiger partial charge on any atom is 0.266 e. The monoisotopic (exact) mass is 435 g/mol. The minimum absolute atomic E-state index is 0.0180. The average Bonchev–Trinajstić information content (AvgIpc) is 2.78. The zero-order chi connectivity index (χ0) is 23.1. The van der Waals surface area contributed by atoms with Gasteiger partial charge in [0.05, 0.1) is 22.7 Å². The van der Waals surface area contributed by atoms with E-state index in [1.165, 1.54) is 0 Å². The quantitative estimate of drug-likeness (QED) is 0.360. The van der Waals surface area contributed by atoms with Crippen molar-refractivity contribution in [2.45, 2.75) is 73.0 Å². The molecule has 172 valence electrons. The van der Waals surface area contributed by atoms with E-state index in [9.17, 15) is 4.79 Å². The number of para-hydroxylation sites is 2. The maximum absolute atomic E-state index is 13.9. The number of rotatable bonds is 11. The molecule has 0 amide bonds. The van der Waals surface area contributed by atoms with E-state index in [1.807, 2.05) is 50.2 Å². The van der Waals surface area contributed by atoms with Gasteiger partial charge in [0.2, 0.25) is 0 Å². The van der Waals surface area contributed by atoms with Crippen molar-refractivity contribution in [1.82, 2.24) is 14.5 Å². The summed E-state index contributed by atoms with van der Waals surface area (Å²) in [6.45, 7) is 13.3. The predicted molar refractivity (Wildman–Crippen MR) is 133 cm³/mol. The Labute approximate surface area is 192 Å². The highest BCUT2D eigenvalue weighted by Gasteiger charge is 2.17. The summed E-state index contributed by atoms with van der Waals surface area (Å²) in [5.41, 5.74) is 2.64. The van der Waals surface area contributed by atoms with E-state index in [1.54, 1.807) is 4.57 Å². The van der Waals surface area contributed by atoms with Gasteiger partial charge in [0.1, 0.15) is 11.6 Å². The molecule has 0 radical (unpaired) electrons. The first-order valence-corrected chi connectivity index (χ1v) is 12.0. The van der Waals surface area contributed by atoms with Gasteiger partial charge >= 0.3 is 0 Å². The number of unbranched alkanes of at least 4 members (excludes halogenated alkanes) is 2. The van der Waals surface area contributed by atoms with E-state index in [-0.39, 0.29) is 11.7 Å². The predicted octanol–water partition coefficient (Wildman–Crippen LogP) is 5.75. The van der Waals surface area contributed by atoms with Gasteiger partial charge < -0.3 is 4.74 Å². The van der Waals surface area contributed by atoms with Crippen LogP contribution in [-0.4, -0.2) is 33.6 Å². The molecule has 5 heteroatoms. The Kier molecular flexibility index (Phi) is 8.46. The average molecular weight is 436 g/mol. The van der Waals surface area contributed by atoms with E-state index in [0.29, 0.717) is 11.1 Å². The fourth-order valence-electron chi connectivity index (χ4n) is 4.03. The highest BCUT2D eigenvalue weighted by molar-refractivity contribution is 5.79. The first-order chi connectivity index (χ1) is 15.5. The molecule has 0 aliphatic heterocycles. The van der Waals surface area contributed by atoms with Crippen molar-refractivity contribution in [3.8, 4) is 11.4 Å². The van der Waals surface area contributed by atoms with Crippen molar-refractivity contribution >= 4 is 10.9 Å². The smallest absolute Gasteiger partial charge is 0.266 e. The lowest BCUT2D eigenvalue weighted by molar-refractivity contribution is 0.241. The number of ether oxygens (including phenoxy) is 1.